The minimum Gasteiger partial charge on any atom is -0.339 e. The molecule has 5 nitrogen and oxygen atoms in total. The van der Waals surface area contributed by atoms with Crippen LogP contribution in [-0.4, -0.2) is 38.6 Å². The highest BCUT2D eigenvalue weighted by Crippen LogP contribution is 2.30. The number of sulfonamides is 1. The van der Waals surface area contributed by atoms with Crippen LogP contribution in [0.2, 0.25) is 0 Å². The Bertz CT molecular complexity index is 1140. The van der Waals surface area contributed by atoms with Crippen molar-refractivity contribution in [1.82, 2.24) is 9.62 Å². The molecule has 1 aliphatic heterocycles. The summed E-state index contributed by atoms with van der Waals surface area (Å²) in [5, 5.41) is 0. The SMILES string of the molecule is CC[C@@H](NS(=O)(=O)c1ccc(SC)c(C(=O)N2CCC(C)CC2)c1)c1ccc2c(c1)CCCC2. The highest BCUT2D eigenvalue weighted by atomic mass is 32.2. The minimum atomic E-state index is -3.79. The third-order valence-electron chi connectivity index (χ3n) is 7.26. The molecular weight excluding hydrogens is 464 g/mol. The summed E-state index contributed by atoms with van der Waals surface area (Å²) in [4.78, 5) is 16.1. The maximum absolute atomic E-state index is 13.4. The van der Waals surface area contributed by atoms with E-state index in [0.29, 0.717) is 17.9 Å². The molecule has 0 radical (unpaired) electrons. The predicted octanol–water partition coefficient (Wildman–Crippen LogP) is 5.59. The molecule has 2 aliphatic rings. The third-order valence-corrected chi connectivity index (χ3v) is 9.53. The number of piperidine rings is 1. The van der Waals surface area contributed by atoms with Crippen molar-refractivity contribution in [2.45, 2.75) is 74.6 Å². The minimum absolute atomic E-state index is 0.0740. The largest absolute Gasteiger partial charge is 0.339 e. The van der Waals surface area contributed by atoms with Gasteiger partial charge >= 0.3 is 0 Å². The van der Waals surface area contributed by atoms with Crippen LogP contribution in [0.25, 0.3) is 0 Å². The van der Waals surface area contributed by atoms with E-state index in [1.165, 1.54) is 35.7 Å². The monoisotopic (exact) mass is 500 g/mol. The lowest BCUT2D eigenvalue weighted by atomic mass is 9.89. The van der Waals surface area contributed by atoms with E-state index in [0.717, 1.165) is 49.2 Å². The van der Waals surface area contributed by atoms with Gasteiger partial charge in [0.2, 0.25) is 10.0 Å². The van der Waals surface area contributed by atoms with Gasteiger partial charge < -0.3 is 4.90 Å². The molecule has 2 aromatic rings. The molecule has 2 aromatic carbocycles. The van der Waals surface area contributed by atoms with E-state index < -0.39 is 10.0 Å². The van der Waals surface area contributed by atoms with E-state index in [9.17, 15) is 13.2 Å². The Morgan fingerprint density at radius 2 is 1.79 bits per heavy atom. The summed E-state index contributed by atoms with van der Waals surface area (Å²) in [6.45, 7) is 5.65. The van der Waals surface area contributed by atoms with Gasteiger partial charge in [0.05, 0.1) is 10.5 Å². The molecule has 1 amide bonds. The number of thioether (sulfide) groups is 1. The molecule has 1 saturated heterocycles. The van der Waals surface area contributed by atoms with E-state index in [1.807, 2.05) is 18.1 Å². The predicted molar refractivity (Wildman–Crippen MR) is 139 cm³/mol. The highest BCUT2D eigenvalue weighted by molar-refractivity contribution is 7.98. The molecule has 1 atom stereocenters. The summed E-state index contributed by atoms with van der Waals surface area (Å²) in [7, 11) is -3.79. The number of hydrogen-bond acceptors (Lipinski definition) is 4. The number of fused-ring (bicyclic) bond motifs is 1. The third kappa shape index (κ3) is 5.52. The topological polar surface area (TPSA) is 66.5 Å². The highest BCUT2D eigenvalue weighted by Gasteiger charge is 2.27. The van der Waals surface area contributed by atoms with Gasteiger partial charge in [-0.15, -0.1) is 11.8 Å². The first-order valence-electron chi connectivity index (χ1n) is 12.4. The fourth-order valence-corrected chi connectivity index (χ4v) is 6.92. The summed E-state index contributed by atoms with van der Waals surface area (Å²) in [6.07, 6.45) is 9.11. The van der Waals surface area contributed by atoms with Crippen LogP contribution in [0.5, 0.6) is 0 Å². The maximum Gasteiger partial charge on any atom is 0.255 e. The molecule has 1 aliphatic carbocycles. The van der Waals surface area contributed by atoms with E-state index in [1.54, 1.807) is 18.2 Å². The fourth-order valence-electron chi connectivity index (χ4n) is 5.02. The normalized spacial score (nSPS) is 17.9. The quantitative estimate of drug-likeness (QED) is 0.504. The summed E-state index contributed by atoms with van der Waals surface area (Å²) in [5.74, 6) is 0.546. The van der Waals surface area contributed by atoms with Crippen LogP contribution >= 0.6 is 11.8 Å². The Labute approximate surface area is 208 Å². The number of carbonyl (C=O) groups is 1. The van der Waals surface area contributed by atoms with Crippen LogP contribution in [0, 0.1) is 5.92 Å². The molecule has 34 heavy (non-hydrogen) atoms. The Morgan fingerprint density at radius 1 is 1.09 bits per heavy atom. The standard InChI is InChI=1S/C27H36N2O3S2/c1-4-25(22-10-9-20-7-5-6-8-21(20)17-22)28-34(31,32)23-11-12-26(33-3)24(18-23)27(30)29-15-13-19(2)14-16-29/h9-12,17-19,25,28H,4-8,13-16H2,1-3H3/t25-/m1/s1. The van der Waals surface area contributed by atoms with Gasteiger partial charge in [-0.3, -0.25) is 4.79 Å². The molecule has 0 aromatic heterocycles. The Morgan fingerprint density at radius 3 is 2.47 bits per heavy atom. The summed E-state index contributed by atoms with van der Waals surface area (Å²) in [5.41, 5.74) is 4.21. The second kappa shape index (κ2) is 10.8. The number of benzene rings is 2. The van der Waals surface area contributed by atoms with Crippen LogP contribution in [0.3, 0.4) is 0 Å². The molecule has 7 heteroatoms. The smallest absolute Gasteiger partial charge is 0.255 e. The zero-order valence-corrected chi connectivity index (χ0v) is 22.1. The summed E-state index contributed by atoms with van der Waals surface area (Å²) in [6, 6.07) is 11.0. The van der Waals surface area contributed by atoms with Gasteiger partial charge in [0.25, 0.3) is 5.91 Å². The lowest BCUT2D eigenvalue weighted by Gasteiger charge is -2.31. The van der Waals surface area contributed by atoms with Gasteiger partial charge in [0.1, 0.15) is 0 Å². The molecule has 184 valence electrons. The van der Waals surface area contributed by atoms with Crippen LogP contribution < -0.4 is 4.72 Å². The number of aryl methyl sites for hydroxylation is 2. The molecule has 0 spiro atoms. The van der Waals surface area contributed by atoms with Crippen molar-refractivity contribution in [1.29, 1.82) is 0 Å². The zero-order valence-electron chi connectivity index (χ0n) is 20.5. The van der Waals surface area contributed by atoms with E-state index in [4.69, 9.17) is 0 Å². The Balaban J connectivity index is 1.59. The zero-order chi connectivity index (χ0) is 24.3. The van der Waals surface area contributed by atoms with E-state index in [-0.39, 0.29) is 16.8 Å². The summed E-state index contributed by atoms with van der Waals surface area (Å²) >= 11 is 1.47. The van der Waals surface area contributed by atoms with Gasteiger partial charge in [0, 0.05) is 24.0 Å². The van der Waals surface area contributed by atoms with Crippen molar-refractivity contribution in [3.63, 3.8) is 0 Å². The van der Waals surface area contributed by atoms with Gasteiger partial charge in [0.15, 0.2) is 0 Å². The second-order valence-electron chi connectivity index (χ2n) is 9.65. The Hall–Kier alpha value is -1.83. The second-order valence-corrected chi connectivity index (χ2v) is 12.2. The van der Waals surface area contributed by atoms with Gasteiger partial charge in [-0.25, -0.2) is 13.1 Å². The molecule has 0 bridgehead atoms. The van der Waals surface area contributed by atoms with Crippen LogP contribution in [0.1, 0.15) is 79.0 Å². The average Bonchev–Trinajstić information content (AvgIpc) is 2.86. The van der Waals surface area contributed by atoms with Gasteiger partial charge in [-0.2, -0.15) is 0 Å². The number of nitrogens with one attached hydrogen (secondary N) is 1. The van der Waals surface area contributed by atoms with Crippen molar-refractivity contribution in [3.05, 3.63) is 58.7 Å². The summed E-state index contributed by atoms with van der Waals surface area (Å²) < 4.78 is 29.7. The van der Waals surface area contributed by atoms with Crippen molar-refractivity contribution >= 4 is 27.7 Å². The van der Waals surface area contributed by atoms with Crippen molar-refractivity contribution in [2.24, 2.45) is 5.92 Å². The molecule has 1 N–H and O–H groups in total. The number of hydrogen-bond donors (Lipinski definition) is 1. The number of carbonyl (C=O) groups excluding carboxylic acids is 1. The number of nitrogens with zero attached hydrogens (tertiary/aromatic N) is 1. The first-order chi connectivity index (χ1) is 16.3. The van der Waals surface area contributed by atoms with Crippen LogP contribution in [0.15, 0.2) is 46.2 Å². The van der Waals surface area contributed by atoms with Crippen molar-refractivity contribution < 1.29 is 13.2 Å². The van der Waals surface area contributed by atoms with Crippen LogP contribution in [-0.2, 0) is 22.9 Å². The van der Waals surface area contributed by atoms with Gasteiger partial charge in [-0.05, 0) is 92.0 Å². The first-order valence-corrected chi connectivity index (χ1v) is 15.1. The molecular formula is C27H36N2O3S2. The molecule has 0 unspecified atom stereocenters. The first kappa shape index (κ1) is 25.3. The van der Waals surface area contributed by atoms with Crippen LogP contribution in [0.4, 0.5) is 0 Å². The fraction of sp³-hybridized carbons (Fsp3) is 0.519. The van der Waals surface area contributed by atoms with E-state index >= 15 is 0 Å². The van der Waals surface area contributed by atoms with Crippen molar-refractivity contribution in [2.75, 3.05) is 19.3 Å². The Kier molecular flexibility index (Phi) is 8.05. The molecule has 1 fully saturated rings. The average molecular weight is 501 g/mol. The van der Waals surface area contributed by atoms with Gasteiger partial charge in [-0.1, -0.05) is 32.0 Å². The lowest BCUT2D eigenvalue weighted by molar-refractivity contribution is 0.0693. The van der Waals surface area contributed by atoms with Crippen molar-refractivity contribution in [3.8, 4) is 0 Å². The number of rotatable bonds is 7. The molecule has 0 saturated carbocycles. The lowest BCUT2D eigenvalue weighted by Crippen LogP contribution is -2.38. The maximum atomic E-state index is 13.4. The molecule has 1 heterocycles. The van der Waals surface area contributed by atoms with E-state index in [2.05, 4.69) is 29.8 Å². The number of amides is 1. The number of likely N-dealkylation sites (tertiary alicyclic amines) is 1. The molecule has 4 rings (SSSR count).